The van der Waals surface area contributed by atoms with E-state index in [4.69, 9.17) is 33.2 Å². The van der Waals surface area contributed by atoms with E-state index in [9.17, 15) is 14.7 Å². The molecule has 11 nitrogen and oxygen atoms in total. The van der Waals surface area contributed by atoms with Gasteiger partial charge in [-0.1, -0.05) is 6.92 Å². The number of likely N-dealkylation sites (tertiary alicyclic amines) is 1. The number of esters is 2. The maximum atomic E-state index is 13.9. The van der Waals surface area contributed by atoms with Crippen molar-refractivity contribution in [3.05, 3.63) is 29.8 Å². The molecule has 0 amide bonds. The molecule has 6 aliphatic rings. The van der Waals surface area contributed by atoms with Crippen molar-refractivity contribution in [2.45, 2.75) is 81.2 Å². The minimum Gasteiger partial charge on any atom is -0.497 e. The van der Waals surface area contributed by atoms with Crippen LogP contribution in [0.1, 0.15) is 49.9 Å². The van der Waals surface area contributed by atoms with Gasteiger partial charge in [-0.2, -0.15) is 0 Å². The van der Waals surface area contributed by atoms with Gasteiger partial charge in [0.2, 0.25) is 0 Å². The Balaban J connectivity index is 1.46. The average Bonchev–Trinajstić information content (AvgIpc) is 3.42. The fraction of sp³-hybridized carbons (Fsp3) is 0.771. The molecule has 1 heterocycles. The lowest BCUT2D eigenvalue weighted by Gasteiger charge is -2.69. The van der Waals surface area contributed by atoms with Crippen LogP contribution in [0.2, 0.25) is 0 Å². The molecule has 13 atom stereocenters. The number of nitrogens with zero attached hydrogens (tertiary/aromatic N) is 1. The third kappa shape index (κ3) is 3.87. The largest absolute Gasteiger partial charge is 0.497 e. The molecule has 1 spiro atoms. The van der Waals surface area contributed by atoms with Crippen LogP contribution in [0.25, 0.3) is 0 Å². The molecule has 0 radical (unpaired) electrons. The van der Waals surface area contributed by atoms with Crippen molar-refractivity contribution in [3.8, 4) is 5.75 Å². The minimum atomic E-state index is -1.51. The van der Waals surface area contributed by atoms with Gasteiger partial charge in [-0.25, -0.2) is 4.79 Å². The highest BCUT2D eigenvalue weighted by molar-refractivity contribution is 5.89. The Morgan fingerprint density at radius 3 is 2.28 bits per heavy atom. The van der Waals surface area contributed by atoms with E-state index in [-0.39, 0.29) is 47.8 Å². The molecular formula is C35H49NO10. The molecule has 6 fully saturated rings. The SMILES string of the molecule is CCN1C[C@]2(COC)CCC(OC)[C@@]34C5C[C@@]6(O)[C@H](OC(=O)c7ccc(OC)cc7)C5[C@@](OC(C)=O)(C[C@H]6OC)[C@@H]([C@H](OC)C23)[C@@H]14. The number of carbonyl (C=O) groups excluding carboxylic acids is 2. The first kappa shape index (κ1) is 32.3. The molecule has 5 aliphatic carbocycles. The summed E-state index contributed by atoms with van der Waals surface area (Å²) < 4.78 is 43.6. The van der Waals surface area contributed by atoms with Crippen LogP contribution < -0.4 is 4.74 Å². The van der Waals surface area contributed by atoms with Crippen molar-refractivity contribution >= 4 is 11.9 Å². The summed E-state index contributed by atoms with van der Waals surface area (Å²) in [6.07, 6.45) is 0.142. The molecule has 254 valence electrons. The van der Waals surface area contributed by atoms with Crippen molar-refractivity contribution in [2.75, 3.05) is 55.2 Å². The number of benzene rings is 1. The number of hydrogen-bond donors (Lipinski definition) is 1. The minimum absolute atomic E-state index is 0.00534. The predicted molar refractivity (Wildman–Crippen MR) is 164 cm³/mol. The van der Waals surface area contributed by atoms with Gasteiger partial charge in [0, 0.05) is 83.0 Å². The van der Waals surface area contributed by atoms with E-state index >= 15 is 0 Å². The molecule has 1 N–H and O–H groups in total. The Morgan fingerprint density at radius 1 is 0.978 bits per heavy atom. The average molecular weight is 644 g/mol. The molecule has 1 saturated heterocycles. The third-order valence-electron chi connectivity index (χ3n) is 13.3. The van der Waals surface area contributed by atoms with Gasteiger partial charge >= 0.3 is 11.9 Å². The Kier molecular flexibility index (Phi) is 7.81. The second kappa shape index (κ2) is 11.1. The van der Waals surface area contributed by atoms with Gasteiger partial charge in [-0.15, -0.1) is 0 Å². The van der Waals surface area contributed by atoms with Crippen molar-refractivity contribution in [1.82, 2.24) is 4.90 Å². The van der Waals surface area contributed by atoms with Crippen LogP contribution >= 0.6 is 0 Å². The van der Waals surface area contributed by atoms with Crippen molar-refractivity contribution in [1.29, 1.82) is 0 Å². The molecule has 7 bridgehead atoms. The molecule has 1 aromatic rings. The third-order valence-corrected chi connectivity index (χ3v) is 13.3. The number of methoxy groups -OCH3 is 5. The highest BCUT2D eigenvalue weighted by Crippen LogP contribution is 2.80. The quantitative estimate of drug-likeness (QED) is 0.379. The van der Waals surface area contributed by atoms with E-state index in [1.807, 2.05) is 0 Å². The smallest absolute Gasteiger partial charge is 0.338 e. The van der Waals surface area contributed by atoms with Crippen LogP contribution in [0.4, 0.5) is 0 Å². The number of hydrogen-bond acceptors (Lipinski definition) is 11. The van der Waals surface area contributed by atoms with Crippen LogP contribution in [-0.2, 0) is 33.2 Å². The first-order chi connectivity index (χ1) is 22.1. The van der Waals surface area contributed by atoms with E-state index in [0.29, 0.717) is 24.3 Å². The fourth-order valence-corrected chi connectivity index (χ4v) is 12.4. The number of fused-ring (bicyclic) bond motifs is 2. The molecule has 4 unspecified atom stereocenters. The molecule has 5 saturated carbocycles. The second-order valence-electron chi connectivity index (χ2n) is 14.6. The van der Waals surface area contributed by atoms with E-state index in [1.165, 1.54) is 6.92 Å². The zero-order chi connectivity index (χ0) is 32.8. The normalized spacial score (nSPS) is 46.6. The summed E-state index contributed by atoms with van der Waals surface area (Å²) in [5.41, 5.74) is -3.03. The van der Waals surface area contributed by atoms with Crippen LogP contribution in [0, 0.1) is 34.5 Å². The summed E-state index contributed by atoms with van der Waals surface area (Å²) >= 11 is 0. The first-order valence-corrected chi connectivity index (χ1v) is 16.6. The summed E-state index contributed by atoms with van der Waals surface area (Å²) in [7, 11) is 8.44. The van der Waals surface area contributed by atoms with Gasteiger partial charge in [-0.3, -0.25) is 9.69 Å². The van der Waals surface area contributed by atoms with E-state index in [1.54, 1.807) is 59.8 Å². The molecule has 7 rings (SSSR count). The fourth-order valence-electron chi connectivity index (χ4n) is 12.4. The van der Waals surface area contributed by atoms with Crippen molar-refractivity contribution < 1.29 is 47.9 Å². The maximum absolute atomic E-state index is 13.9. The van der Waals surface area contributed by atoms with Gasteiger partial charge in [0.15, 0.2) is 0 Å². The maximum Gasteiger partial charge on any atom is 0.338 e. The summed E-state index contributed by atoms with van der Waals surface area (Å²) in [6.45, 7) is 5.80. The van der Waals surface area contributed by atoms with E-state index in [0.717, 1.165) is 25.9 Å². The van der Waals surface area contributed by atoms with E-state index < -0.39 is 46.7 Å². The number of ether oxygens (including phenoxy) is 7. The highest BCUT2D eigenvalue weighted by Gasteiger charge is 2.89. The van der Waals surface area contributed by atoms with Gasteiger partial charge in [0.25, 0.3) is 0 Å². The van der Waals surface area contributed by atoms with Gasteiger partial charge in [0.05, 0.1) is 37.6 Å². The summed E-state index contributed by atoms with van der Waals surface area (Å²) in [5.74, 6) is -1.38. The number of carbonyl (C=O) groups is 2. The van der Waals surface area contributed by atoms with Crippen molar-refractivity contribution in [2.24, 2.45) is 34.5 Å². The number of rotatable bonds is 10. The summed E-state index contributed by atoms with van der Waals surface area (Å²) in [6, 6.07) is 6.66. The lowest BCUT2D eigenvalue weighted by molar-refractivity contribution is -0.287. The lowest BCUT2D eigenvalue weighted by atomic mass is 9.43. The van der Waals surface area contributed by atoms with Crippen LogP contribution in [0.3, 0.4) is 0 Å². The molecule has 1 aromatic carbocycles. The molecule has 1 aliphatic heterocycles. The van der Waals surface area contributed by atoms with Gasteiger partial charge in [0.1, 0.15) is 23.1 Å². The van der Waals surface area contributed by atoms with Crippen LogP contribution in [-0.4, -0.2) is 119 Å². The zero-order valence-electron chi connectivity index (χ0n) is 28.0. The molecule has 11 heteroatoms. The van der Waals surface area contributed by atoms with Gasteiger partial charge in [-0.05, 0) is 56.0 Å². The zero-order valence-corrected chi connectivity index (χ0v) is 28.0. The van der Waals surface area contributed by atoms with Gasteiger partial charge < -0.3 is 38.3 Å². The lowest BCUT2D eigenvalue weighted by Crippen LogP contribution is -2.77. The van der Waals surface area contributed by atoms with E-state index in [2.05, 4.69) is 11.8 Å². The first-order valence-electron chi connectivity index (χ1n) is 16.6. The predicted octanol–water partition coefficient (Wildman–Crippen LogP) is 2.72. The number of piperidine rings is 1. The van der Waals surface area contributed by atoms with Crippen LogP contribution in [0.5, 0.6) is 5.75 Å². The monoisotopic (exact) mass is 643 g/mol. The Hall–Kier alpha value is -2.28. The summed E-state index contributed by atoms with van der Waals surface area (Å²) in [4.78, 5) is 29.7. The Bertz CT molecular complexity index is 1360. The molecule has 0 aromatic heterocycles. The second-order valence-corrected chi connectivity index (χ2v) is 14.6. The van der Waals surface area contributed by atoms with Crippen molar-refractivity contribution in [3.63, 3.8) is 0 Å². The molecular weight excluding hydrogens is 594 g/mol. The van der Waals surface area contributed by atoms with Crippen LogP contribution in [0.15, 0.2) is 24.3 Å². The summed E-state index contributed by atoms with van der Waals surface area (Å²) in [5, 5.41) is 12.8. The molecule has 46 heavy (non-hydrogen) atoms. The standard InChI is InChI=1S/C35H49NO10/c1-8-36-17-32(18-40-3)14-13-23(42-5)35-22-15-33(39)24(43-6)16-34(46-19(2)37,26(29(35)36)27(44-7)28(32)35)25(22)30(33)45-31(38)20-9-11-21(41-4)12-10-20/h9-12,22-30,39H,8,13-18H2,1-7H3/t22?,23?,24-,25?,26+,27+,28?,29-,30-,32+,33+,34+,35+/m1/s1. The highest BCUT2D eigenvalue weighted by atomic mass is 16.6. The Labute approximate surface area is 271 Å². The Morgan fingerprint density at radius 2 is 1.70 bits per heavy atom. The topological polar surface area (TPSA) is 122 Å². The number of aliphatic hydroxyl groups is 1.